The van der Waals surface area contributed by atoms with Gasteiger partial charge in [0.15, 0.2) is 0 Å². The molecule has 0 atom stereocenters. The molecule has 1 fully saturated rings. The number of ether oxygens (including phenoxy) is 1. The lowest BCUT2D eigenvalue weighted by molar-refractivity contribution is -0.132. The fourth-order valence-electron chi connectivity index (χ4n) is 3.44. The zero-order valence-corrected chi connectivity index (χ0v) is 18.3. The number of amides is 2. The van der Waals surface area contributed by atoms with Crippen molar-refractivity contribution in [2.45, 2.75) is 39.2 Å². The molecule has 0 aliphatic carbocycles. The Morgan fingerprint density at radius 1 is 1.10 bits per heavy atom. The van der Waals surface area contributed by atoms with Crippen LogP contribution in [0, 0.1) is 0 Å². The molecule has 2 amide bonds. The third kappa shape index (κ3) is 5.95. The van der Waals surface area contributed by atoms with Crippen LogP contribution in [0.4, 0.5) is 0 Å². The normalized spacial score (nSPS) is 14.1. The van der Waals surface area contributed by atoms with Gasteiger partial charge in [-0.2, -0.15) is 0 Å². The number of piperazine rings is 1. The smallest absolute Gasteiger partial charge is 0.255 e. The van der Waals surface area contributed by atoms with E-state index < -0.39 is 0 Å². The number of aromatic nitrogens is 1. The molecule has 2 heterocycles. The van der Waals surface area contributed by atoms with Gasteiger partial charge in [-0.1, -0.05) is 41.9 Å². The SMILES string of the molecule is CC(C)Oc1ncc(C(=O)N2CCN(C(=O)CCCc3ccccc3)CC2)cc1Cl. The third-order valence-corrected chi connectivity index (χ3v) is 5.29. The van der Waals surface area contributed by atoms with Gasteiger partial charge in [0.05, 0.1) is 11.7 Å². The number of halogens is 1. The molecule has 1 aliphatic heterocycles. The third-order valence-electron chi connectivity index (χ3n) is 5.02. The van der Waals surface area contributed by atoms with Crippen molar-refractivity contribution in [1.82, 2.24) is 14.8 Å². The van der Waals surface area contributed by atoms with Gasteiger partial charge in [-0.25, -0.2) is 4.98 Å². The first-order valence-electron chi connectivity index (χ1n) is 10.4. The average molecular weight is 430 g/mol. The molecule has 0 N–H and O–H groups in total. The highest BCUT2D eigenvalue weighted by atomic mass is 35.5. The maximum absolute atomic E-state index is 12.8. The largest absolute Gasteiger partial charge is 0.474 e. The molecule has 30 heavy (non-hydrogen) atoms. The minimum atomic E-state index is -0.128. The van der Waals surface area contributed by atoms with Crippen molar-refractivity contribution in [2.75, 3.05) is 26.2 Å². The summed E-state index contributed by atoms with van der Waals surface area (Å²) in [5.41, 5.74) is 1.68. The predicted molar refractivity (Wildman–Crippen MR) is 117 cm³/mol. The van der Waals surface area contributed by atoms with Gasteiger partial charge < -0.3 is 14.5 Å². The number of rotatable bonds is 7. The van der Waals surface area contributed by atoms with E-state index >= 15 is 0 Å². The van der Waals surface area contributed by atoms with Gasteiger partial charge in [-0.15, -0.1) is 0 Å². The molecule has 0 spiro atoms. The lowest BCUT2D eigenvalue weighted by atomic mass is 10.1. The van der Waals surface area contributed by atoms with Crippen molar-refractivity contribution in [1.29, 1.82) is 0 Å². The van der Waals surface area contributed by atoms with E-state index in [9.17, 15) is 9.59 Å². The molecule has 0 unspecified atom stereocenters. The summed E-state index contributed by atoms with van der Waals surface area (Å²) in [7, 11) is 0. The van der Waals surface area contributed by atoms with E-state index in [2.05, 4.69) is 17.1 Å². The fraction of sp³-hybridized carbons (Fsp3) is 0.435. The van der Waals surface area contributed by atoms with Crippen molar-refractivity contribution >= 4 is 23.4 Å². The summed E-state index contributed by atoms with van der Waals surface area (Å²) in [4.78, 5) is 33.0. The number of carbonyl (C=O) groups is 2. The van der Waals surface area contributed by atoms with Crippen LogP contribution in [-0.4, -0.2) is 58.9 Å². The van der Waals surface area contributed by atoms with Gasteiger partial charge in [0.25, 0.3) is 5.91 Å². The first kappa shape index (κ1) is 22.1. The van der Waals surface area contributed by atoms with Crippen LogP contribution in [0.2, 0.25) is 5.02 Å². The highest BCUT2D eigenvalue weighted by molar-refractivity contribution is 6.32. The van der Waals surface area contributed by atoms with E-state index in [1.807, 2.05) is 36.9 Å². The second kappa shape index (κ2) is 10.4. The number of carbonyl (C=O) groups excluding carboxylic acids is 2. The standard InChI is InChI=1S/C23H28ClN3O3/c1-17(2)30-22-20(24)15-19(16-25-22)23(29)27-13-11-26(12-14-27)21(28)10-6-9-18-7-4-3-5-8-18/h3-5,7-8,15-17H,6,9-14H2,1-2H3. The minimum Gasteiger partial charge on any atom is -0.474 e. The van der Waals surface area contributed by atoms with Crippen LogP contribution in [0.25, 0.3) is 0 Å². The first-order chi connectivity index (χ1) is 14.4. The molecule has 1 saturated heterocycles. The van der Waals surface area contributed by atoms with Crippen molar-refractivity contribution < 1.29 is 14.3 Å². The first-order valence-corrected chi connectivity index (χ1v) is 10.7. The van der Waals surface area contributed by atoms with Gasteiger partial charge in [-0.3, -0.25) is 9.59 Å². The summed E-state index contributed by atoms with van der Waals surface area (Å²) < 4.78 is 5.51. The van der Waals surface area contributed by atoms with E-state index in [4.69, 9.17) is 16.3 Å². The van der Waals surface area contributed by atoms with E-state index in [1.165, 1.54) is 11.8 Å². The zero-order valence-electron chi connectivity index (χ0n) is 17.5. The van der Waals surface area contributed by atoms with Gasteiger partial charge in [-0.05, 0) is 38.3 Å². The predicted octanol–water partition coefficient (Wildman–Crippen LogP) is 3.83. The molecule has 0 bridgehead atoms. The number of aryl methyl sites for hydroxylation is 1. The highest BCUT2D eigenvalue weighted by Gasteiger charge is 2.25. The number of nitrogens with zero attached hydrogens (tertiary/aromatic N) is 3. The van der Waals surface area contributed by atoms with E-state index in [0.717, 1.165) is 12.8 Å². The van der Waals surface area contributed by atoms with Crippen LogP contribution < -0.4 is 4.74 Å². The summed E-state index contributed by atoms with van der Waals surface area (Å²) >= 11 is 6.20. The second-order valence-corrected chi connectivity index (χ2v) is 8.10. The Morgan fingerprint density at radius 2 is 1.77 bits per heavy atom. The molecular weight excluding hydrogens is 402 g/mol. The minimum absolute atomic E-state index is 0.0464. The molecule has 160 valence electrons. The highest BCUT2D eigenvalue weighted by Crippen LogP contribution is 2.24. The topological polar surface area (TPSA) is 62.7 Å². The number of pyridine rings is 1. The quantitative estimate of drug-likeness (QED) is 0.671. The average Bonchev–Trinajstić information content (AvgIpc) is 2.75. The second-order valence-electron chi connectivity index (χ2n) is 7.69. The van der Waals surface area contributed by atoms with Crippen molar-refractivity contribution in [3.05, 3.63) is 58.7 Å². The Kier molecular flexibility index (Phi) is 7.69. The van der Waals surface area contributed by atoms with Crippen molar-refractivity contribution in [3.8, 4) is 5.88 Å². The van der Waals surface area contributed by atoms with Crippen LogP contribution in [-0.2, 0) is 11.2 Å². The van der Waals surface area contributed by atoms with Gasteiger partial charge in [0.1, 0.15) is 5.02 Å². The molecular formula is C23H28ClN3O3. The molecule has 6 nitrogen and oxygen atoms in total. The summed E-state index contributed by atoms with van der Waals surface area (Å²) in [6.45, 7) is 5.88. The van der Waals surface area contributed by atoms with Gasteiger partial charge in [0.2, 0.25) is 11.8 Å². The summed E-state index contributed by atoms with van der Waals surface area (Å²) in [5.74, 6) is 0.351. The Balaban J connectivity index is 1.47. The lowest BCUT2D eigenvalue weighted by Gasteiger charge is -2.35. The molecule has 1 aromatic heterocycles. The Bertz CT molecular complexity index is 865. The molecule has 0 radical (unpaired) electrons. The van der Waals surface area contributed by atoms with Crippen LogP contribution in [0.3, 0.4) is 0 Å². The maximum Gasteiger partial charge on any atom is 0.255 e. The fourth-order valence-corrected chi connectivity index (χ4v) is 3.65. The van der Waals surface area contributed by atoms with Crippen LogP contribution in [0.1, 0.15) is 42.6 Å². The van der Waals surface area contributed by atoms with Gasteiger partial charge in [0, 0.05) is 38.8 Å². The summed E-state index contributed by atoms with van der Waals surface area (Å²) in [6, 6.07) is 11.8. The summed E-state index contributed by atoms with van der Waals surface area (Å²) in [6.07, 6.45) is 3.70. The maximum atomic E-state index is 12.8. The monoisotopic (exact) mass is 429 g/mol. The molecule has 7 heteroatoms. The van der Waals surface area contributed by atoms with Crippen molar-refractivity contribution in [2.24, 2.45) is 0 Å². The molecule has 1 aliphatic rings. The molecule has 1 aromatic carbocycles. The van der Waals surface area contributed by atoms with E-state index in [0.29, 0.717) is 49.1 Å². The Labute approximate surface area is 182 Å². The van der Waals surface area contributed by atoms with Gasteiger partial charge >= 0.3 is 0 Å². The molecule has 0 saturated carbocycles. The Hall–Kier alpha value is -2.60. The lowest BCUT2D eigenvalue weighted by Crippen LogP contribution is -2.50. The molecule has 3 rings (SSSR count). The summed E-state index contributed by atoms with van der Waals surface area (Å²) in [5, 5.41) is 0.321. The number of hydrogen-bond acceptors (Lipinski definition) is 4. The van der Waals surface area contributed by atoms with E-state index in [1.54, 1.807) is 11.0 Å². The Morgan fingerprint density at radius 3 is 2.40 bits per heavy atom. The van der Waals surface area contributed by atoms with Crippen LogP contribution in [0.15, 0.2) is 42.6 Å². The van der Waals surface area contributed by atoms with Crippen molar-refractivity contribution in [3.63, 3.8) is 0 Å². The zero-order chi connectivity index (χ0) is 21.5. The number of hydrogen-bond donors (Lipinski definition) is 0. The van der Waals surface area contributed by atoms with Crippen LogP contribution in [0.5, 0.6) is 5.88 Å². The van der Waals surface area contributed by atoms with E-state index in [-0.39, 0.29) is 17.9 Å². The number of benzene rings is 1. The van der Waals surface area contributed by atoms with Crippen LogP contribution >= 0.6 is 11.6 Å². The molecule has 2 aromatic rings.